The standard InChI is InChI=1S/C16H17N3O3S2/c20-18-13-6-7-15(23-14-4-2-1-3-5-14)16(12-13)24(21,22)19-10-8-17-9-11-19/h1-7,12,17H,8-11H2. The first-order chi connectivity index (χ1) is 11.6. The zero-order valence-corrected chi connectivity index (χ0v) is 14.5. The van der Waals surface area contributed by atoms with E-state index in [4.69, 9.17) is 0 Å². The highest BCUT2D eigenvalue weighted by atomic mass is 32.2. The molecular weight excluding hydrogens is 346 g/mol. The van der Waals surface area contributed by atoms with E-state index in [-0.39, 0.29) is 10.6 Å². The van der Waals surface area contributed by atoms with Crippen molar-refractivity contribution in [3.8, 4) is 0 Å². The lowest BCUT2D eigenvalue weighted by atomic mass is 10.3. The molecule has 0 atom stereocenters. The van der Waals surface area contributed by atoms with E-state index in [1.807, 2.05) is 30.3 Å². The molecule has 1 aliphatic rings. The molecule has 1 saturated heterocycles. The highest BCUT2D eigenvalue weighted by molar-refractivity contribution is 8.00. The van der Waals surface area contributed by atoms with Crippen molar-refractivity contribution in [2.24, 2.45) is 5.18 Å². The molecule has 0 radical (unpaired) electrons. The first-order valence-corrected chi connectivity index (χ1v) is 9.78. The number of benzene rings is 2. The number of nitrogens with one attached hydrogen (secondary N) is 1. The summed E-state index contributed by atoms with van der Waals surface area (Å²) in [6, 6.07) is 14.1. The average Bonchev–Trinajstić information content (AvgIpc) is 2.63. The fraction of sp³-hybridized carbons (Fsp3) is 0.250. The van der Waals surface area contributed by atoms with Crippen LogP contribution in [0.1, 0.15) is 0 Å². The van der Waals surface area contributed by atoms with Gasteiger partial charge in [-0.25, -0.2) is 8.42 Å². The lowest BCUT2D eigenvalue weighted by Gasteiger charge is -2.27. The summed E-state index contributed by atoms with van der Waals surface area (Å²) in [5.74, 6) is 0. The zero-order chi connectivity index (χ0) is 17.0. The number of nitroso groups, excluding NO2 is 1. The summed E-state index contributed by atoms with van der Waals surface area (Å²) in [4.78, 5) is 12.5. The number of nitrogens with zero attached hydrogens (tertiary/aromatic N) is 2. The van der Waals surface area contributed by atoms with Crippen LogP contribution >= 0.6 is 11.8 Å². The Morgan fingerprint density at radius 1 is 1.04 bits per heavy atom. The van der Waals surface area contributed by atoms with Gasteiger partial charge in [0.2, 0.25) is 10.0 Å². The molecule has 6 nitrogen and oxygen atoms in total. The van der Waals surface area contributed by atoms with E-state index in [1.54, 1.807) is 6.07 Å². The Bertz CT molecular complexity index is 820. The summed E-state index contributed by atoms with van der Waals surface area (Å²) in [7, 11) is -3.67. The maximum Gasteiger partial charge on any atom is 0.244 e. The third-order valence-corrected chi connectivity index (χ3v) is 6.85. The molecule has 8 heteroatoms. The first-order valence-electron chi connectivity index (χ1n) is 7.52. The molecule has 1 aliphatic heterocycles. The third kappa shape index (κ3) is 3.67. The highest BCUT2D eigenvalue weighted by Crippen LogP contribution is 2.36. The van der Waals surface area contributed by atoms with E-state index in [0.717, 1.165) is 4.90 Å². The fourth-order valence-corrected chi connectivity index (χ4v) is 5.30. The Morgan fingerprint density at radius 3 is 2.42 bits per heavy atom. The van der Waals surface area contributed by atoms with Gasteiger partial charge in [-0.1, -0.05) is 30.0 Å². The van der Waals surface area contributed by atoms with Gasteiger partial charge in [0, 0.05) is 36.0 Å². The van der Waals surface area contributed by atoms with E-state index in [2.05, 4.69) is 10.5 Å². The summed E-state index contributed by atoms with van der Waals surface area (Å²) in [5.41, 5.74) is 0.112. The van der Waals surface area contributed by atoms with Gasteiger partial charge in [-0.05, 0) is 35.5 Å². The number of rotatable bonds is 5. The van der Waals surface area contributed by atoms with Gasteiger partial charge < -0.3 is 5.32 Å². The summed E-state index contributed by atoms with van der Waals surface area (Å²) in [5, 5.41) is 6.02. The predicted octanol–water partition coefficient (Wildman–Crippen LogP) is 2.83. The van der Waals surface area contributed by atoms with Crippen molar-refractivity contribution in [1.82, 2.24) is 9.62 Å². The third-order valence-electron chi connectivity index (χ3n) is 3.70. The first kappa shape index (κ1) is 17.1. The second kappa shape index (κ2) is 7.43. The smallest absolute Gasteiger partial charge is 0.244 e. The van der Waals surface area contributed by atoms with Crippen LogP contribution in [-0.4, -0.2) is 38.9 Å². The molecule has 2 aromatic carbocycles. The second-order valence-electron chi connectivity index (χ2n) is 5.29. The van der Waals surface area contributed by atoms with Crippen LogP contribution in [0.25, 0.3) is 0 Å². The summed E-state index contributed by atoms with van der Waals surface area (Å²) in [6.07, 6.45) is 0. The molecule has 0 amide bonds. The van der Waals surface area contributed by atoms with Gasteiger partial charge in [0.05, 0.1) is 4.90 Å². The van der Waals surface area contributed by atoms with Crippen LogP contribution in [0.15, 0.2) is 68.4 Å². The number of piperazine rings is 1. The maximum atomic E-state index is 13.0. The molecule has 126 valence electrons. The predicted molar refractivity (Wildman–Crippen MR) is 94.1 cm³/mol. The van der Waals surface area contributed by atoms with E-state index in [0.29, 0.717) is 31.1 Å². The molecule has 0 unspecified atom stereocenters. The van der Waals surface area contributed by atoms with E-state index in [9.17, 15) is 13.3 Å². The van der Waals surface area contributed by atoms with E-state index >= 15 is 0 Å². The number of sulfonamides is 1. The van der Waals surface area contributed by atoms with Crippen molar-refractivity contribution in [2.45, 2.75) is 14.7 Å². The van der Waals surface area contributed by atoms with Crippen LogP contribution in [0.5, 0.6) is 0 Å². The molecule has 0 aliphatic carbocycles. The van der Waals surface area contributed by atoms with E-state index < -0.39 is 10.0 Å². The maximum absolute atomic E-state index is 13.0. The SMILES string of the molecule is O=Nc1ccc(Sc2ccccc2)c(S(=O)(=O)N2CCNCC2)c1. The van der Waals surface area contributed by atoms with Crippen molar-refractivity contribution < 1.29 is 8.42 Å². The van der Waals surface area contributed by atoms with Crippen molar-refractivity contribution in [2.75, 3.05) is 26.2 Å². The van der Waals surface area contributed by atoms with Crippen molar-refractivity contribution in [3.05, 3.63) is 53.4 Å². The van der Waals surface area contributed by atoms with Crippen molar-refractivity contribution in [1.29, 1.82) is 0 Å². The summed E-state index contributed by atoms with van der Waals surface area (Å²) in [6.45, 7) is 2.06. The second-order valence-corrected chi connectivity index (χ2v) is 8.31. The largest absolute Gasteiger partial charge is 0.314 e. The van der Waals surface area contributed by atoms with Crippen molar-refractivity contribution in [3.63, 3.8) is 0 Å². The molecule has 3 rings (SSSR count). The number of hydrogen-bond donors (Lipinski definition) is 1. The van der Waals surface area contributed by atoms with Crippen LogP contribution in [-0.2, 0) is 10.0 Å². The monoisotopic (exact) mass is 363 g/mol. The average molecular weight is 363 g/mol. The van der Waals surface area contributed by atoms with Gasteiger partial charge >= 0.3 is 0 Å². The van der Waals surface area contributed by atoms with Crippen LogP contribution in [0.4, 0.5) is 5.69 Å². The molecule has 1 fully saturated rings. The lowest BCUT2D eigenvalue weighted by Crippen LogP contribution is -2.46. The Hall–Kier alpha value is -1.74. The van der Waals surface area contributed by atoms with Gasteiger partial charge in [-0.2, -0.15) is 4.31 Å². The molecule has 0 aromatic heterocycles. The molecule has 0 saturated carbocycles. The minimum atomic E-state index is -3.67. The quantitative estimate of drug-likeness (QED) is 0.827. The molecule has 1 N–H and O–H groups in total. The van der Waals surface area contributed by atoms with Crippen LogP contribution in [0, 0.1) is 4.91 Å². The fourth-order valence-electron chi connectivity index (χ4n) is 2.48. The van der Waals surface area contributed by atoms with Crippen LogP contribution in [0.2, 0.25) is 0 Å². The normalized spacial score (nSPS) is 16.0. The van der Waals surface area contributed by atoms with Crippen LogP contribution in [0.3, 0.4) is 0 Å². The van der Waals surface area contributed by atoms with Gasteiger partial charge in [0.25, 0.3) is 0 Å². The Balaban J connectivity index is 2.02. The Labute approximate surface area is 145 Å². The number of hydrogen-bond acceptors (Lipinski definition) is 6. The van der Waals surface area contributed by atoms with Gasteiger partial charge in [-0.15, -0.1) is 4.91 Å². The summed E-state index contributed by atoms with van der Waals surface area (Å²) < 4.78 is 27.5. The molecular formula is C16H17N3O3S2. The van der Waals surface area contributed by atoms with Gasteiger partial charge in [-0.3, -0.25) is 0 Å². The minimum absolute atomic E-state index is 0.112. The van der Waals surface area contributed by atoms with Gasteiger partial charge in [0.1, 0.15) is 5.69 Å². The van der Waals surface area contributed by atoms with Crippen molar-refractivity contribution >= 4 is 27.5 Å². The van der Waals surface area contributed by atoms with Crippen LogP contribution < -0.4 is 5.32 Å². The topological polar surface area (TPSA) is 78.8 Å². The minimum Gasteiger partial charge on any atom is -0.314 e. The highest BCUT2D eigenvalue weighted by Gasteiger charge is 2.29. The van der Waals surface area contributed by atoms with Gasteiger partial charge in [0.15, 0.2) is 0 Å². The molecule has 24 heavy (non-hydrogen) atoms. The molecule has 0 bridgehead atoms. The zero-order valence-electron chi connectivity index (χ0n) is 12.9. The van der Waals surface area contributed by atoms with E-state index in [1.165, 1.54) is 28.2 Å². The molecule has 2 aromatic rings. The summed E-state index contributed by atoms with van der Waals surface area (Å²) >= 11 is 1.36. The Kier molecular flexibility index (Phi) is 5.30. The molecule has 1 heterocycles. The lowest BCUT2D eigenvalue weighted by molar-refractivity contribution is 0.359. The molecule has 0 spiro atoms. The Morgan fingerprint density at radius 2 is 1.75 bits per heavy atom.